The molecular weight excluding hydrogens is 271 g/mol. The quantitative estimate of drug-likeness (QED) is 0.732. The SMILES string of the molecule is CC(C)[C@@H]1[C@H]2C(=O)[C@@]3(Cl)[C@@H](C(=O)[C@]21Cl)[C@@H]3C(C)C. The Balaban J connectivity index is 1.99. The van der Waals surface area contributed by atoms with Gasteiger partial charge in [-0.25, -0.2) is 0 Å². The van der Waals surface area contributed by atoms with Crippen LogP contribution < -0.4 is 0 Å². The fourth-order valence-corrected chi connectivity index (χ4v) is 5.66. The van der Waals surface area contributed by atoms with Crippen molar-refractivity contribution < 1.29 is 9.59 Å². The highest BCUT2D eigenvalue weighted by atomic mass is 35.5. The van der Waals surface area contributed by atoms with E-state index in [4.69, 9.17) is 23.2 Å². The summed E-state index contributed by atoms with van der Waals surface area (Å²) >= 11 is 13.0. The standard InChI is InChI=1S/C14H18Cl2O2/c1-5(2)7-9-11(17)14(16)8(6(3)4)10(14)12(18)13(7,9)15/h5-10H,1-4H3/t7-,8+,9+,10-,13-,14+. The Morgan fingerprint density at radius 2 is 1.11 bits per heavy atom. The van der Waals surface area contributed by atoms with Gasteiger partial charge < -0.3 is 0 Å². The largest absolute Gasteiger partial charge is 0.297 e. The van der Waals surface area contributed by atoms with Gasteiger partial charge in [-0.3, -0.25) is 9.59 Å². The summed E-state index contributed by atoms with van der Waals surface area (Å²) in [4.78, 5) is 23.2. The van der Waals surface area contributed by atoms with E-state index in [1.165, 1.54) is 0 Å². The highest BCUT2D eigenvalue weighted by Crippen LogP contribution is 2.75. The molecule has 3 fully saturated rings. The lowest BCUT2D eigenvalue weighted by molar-refractivity contribution is -0.129. The lowest BCUT2D eigenvalue weighted by atomic mass is 9.97. The van der Waals surface area contributed by atoms with Gasteiger partial charge in [-0.2, -0.15) is 0 Å². The van der Waals surface area contributed by atoms with E-state index < -0.39 is 9.75 Å². The molecular formula is C14H18Cl2O2. The van der Waals surface area contributed by atoms with Crippen molar-refractivity contribution in [3.8, 4) is 0 Å². The number of ketones is 2. The molecule has 0 saturated heterocycles. The summed E-state index contributed by atoms with van der Waals surface area (Å²) in [7, 11) is 0. The Bertz CT molecular complexity index is 417. The van der Waals surface area contributed by atoms with E-state index in [0.29, 0.717) is 0 Å². The maximum Gasteiger partial charge on any atom is 0.160 e. The summed E-state index contributed by atoms with van der Waals surface area (Å²) in [5.41, 5.74) is 0. The van der Waals surface area contributed by atoms with E-state index in [-0.39, 0.29) is 47.1 Å². The van der Waals surface area contributed by atoms with Crippen LogP contribution in [0, 0.1) is 35.5 Å². The predicted octanol–water partition coefficient (Wildman–Crippen LogP) is 2.90. The molecule has 3 aliphatic rings. The maximum absolute atomic E-state index is 12.5. The Labute approximate surface area is 117 Å². The van der Waals surface area contributed by atoms with Crippen LogP contribution in [0.5, 0.6) is 0 Å². The van der Waals surface area contributed by atoms with Gasteiger partial charge in [0.1, 0.15) is 9.75 Å². The van der Waals surface area contributed by atoms with Crippen molar-refractivity contribution >= 4 is 34.8 Å². The molecule has 3 saturated carbocycles. The molecule has 3 aliphatic carbocycles. The first-order valence-corrected chi connectivity index (χ1v) is 7.42. The minimum atomic E-state index is -0.933. The van der Waals surface area contributed by atoms with Crippen LogP contribution in [0.3, 0.4) is 0 Å². The summed E-state index contributed by atoms with van der Waals surface area (Å²) in [6.45, 7) is 8.06. The van der Waals surface area contributed by atoms with Crippen molar-refractivity contribution in [1.82, 2.24) is 0 Å². The lowest BCUT2D eigenvalue weighted by Gasteiger charge is -2.16. The molecule has 0 spiro atoms. The molecule has 4 heteroatoms. The van der Waals surface area contributed by atoms with Crippen molar-refractivity contribution in [3.63, 3.8) is 0 Å². The van der Waals surface area contributed by atoms with Crippen LogP contribution in [0.15, 0.2) is 0 Å². The Morgan fingerprint density at radius 3 is 1.33 bits per heavy atom. The molecule has 0 aromatic heterocycles. The molecule has 0 aliphatic heterocycles. The molecule has 3 rings (SSSR count). The zero-order chi connectivity index (χ0) is 13.6. The number of hydrogen-bond acceptors (Lipinski definition) is 2. The molecule has 0 aromatic carbocycles. The van der Waals surface area contributed by atoms with Crippen molar-refractivity contribution in [2.75, 3.05) is 0 Å². The maximum atomic E-state index is 12.5. The Morgan fingerprint density at radius 1 is 0.833 bits per heavy atom. The van der Waals surface area contributed by atoms with Crippen LogP contribution in [0.1, 0.15) is 27.7 Å². The van der Waals surface area contributed by atoms with Crippen molar-refractivity contribution in [3.05, 3.63) is 0 Å². The minimum absolute atomic E-state index is 0.0181. The smallest absolute Gasteiger partial charge is 0.160 e. The number of alkyl halides is 2. The fourth-order valence-electron chi connectivity index (χ4n) is 4.32. The average molecular weight is 289 g/mol. The van der Waals surface area contributed by atoms with Crippen LogP contribution in [0.2, 0.25) is 0 Å². The third-order valence-electron chi connectivity index (χ3n) is 5.13. The number of rotatable bonds is 2. The molecule has 0 N–H and O–H groups in total. The van der Waals surface area contributed by atoms with Crippen LogP contribution in [-0.2, 0) is 9.59 Å². The van der Waals surface area contributed by atoms with Gasteiger partial charge >= 0.3 is 0 Å². The highest BCUT2D eigenvalue weighted by Gasteiger charge is 2.88. The minimum Gasteiger partial charge on any atom is -0.297 e. The lowest BCUT2D eigenvalue weighted by Crippen LogP contribution is -2.37. The van der Waals surface area contributed by atoms with Crippen LogP contribution in [0.25, 0.3) is 0 Å². The van der Waals surface area contributed by atoms with Crippen molar-refractivity contribution in [2.24, 2.45) is 35.5 Å². The zero-order valence-electron chi connectivity index (χ0n) is 11.0. The first kappa shape index (κ1) is 12.9. The number of halogens is 2. The summed E-state index contributed by atoms with van der Waals surface area (Å²) in [6.07, 6.45) is 0. The average Bonchev–Trinajstić information content (AvgIpc) is 3.07. The summed E-state index contributed by atoms with van der Waals surface area (Å²) in [5, 5.41) is 0. The van der Waals surface area contributed by atoms with Crippen molar-refractivity contribution in [1.29, 1.82) is 0 Å². The molecule has 100 valence electrons. The summed E-state index contributed by atoms with van der Waals surface area (Å²) in [6, 6.07) is 0. The Hall–Kier alpha value is -0.0800. The summed E-state index contributed by atoms with van der Waals surface area (Å²) < 4.78 is 0. The van der Waals surface area contributed by atoms with Crippen LogP contribution in [-0.4, -0.2) is 21.3 Å². The molecule has 0 aromatic rings. The molecule has 6 atom stereocenters. The monoisotopic (exact) mass is 288 g/mol. The molecule has 0 amide bonds. The predicted molar refractivity (Wildman–Crippen MR) is 70.8 cm³/mol. The van der Waals surface area contributed by atoms with E-state index in [9.17, 15) is 9.59 Å². The second kappa shape index (κ2) is 3.32. The molecule has 0 heterocycles. The third-order valence-corrected chi connectivity index (χ3v) is 6.48. The number of Topliss-reactive ketones (excluding diaryl/α,β-unsaturated/α-hetero) is 2. The second-order valence-corrected chi connectivity index (χ2v) is 8.01. The molecule has 0 radical (unpaired) electrons. The van der Waals surface area contributed by atoms with Gasteiger partial charge in [-0.15, -0.1) is 23.2 Å². The van der Waals surface area contributed by atoms with Gasteiger partial charge in [-0.05, 0) is 11.8 Å². The van der Waals surface area contributed by atoms with E-state index >= 15 is 0 Å². The highest BCUT2D eigenvalue weighted by molar-refractivity contribution is 6.51. The second-order valence-electron chi connectivity index (χ2n) is 6.76. The first-order chi connectivity index (χ1) is 8.20. The topological polar surface area (TPSA) is 34.1 Å². The number of carbonyl (C=O) groups excluding carboxylic acids is 2. The van der Waals surface area contributed by atoms with E-state index in [0.717, 1.165) is 0 Å². The first-order valence-electron chi connectivity index (χ1n) is 6.66. The summed E-state index contributed by atoms with van der Waals surface area (Å²) in [5.74, 6) is -0.173. The number of carbonyl (C=O) groups is 2. The van der Waals surface area contributed by atoms with Gasteiger partial charge in [0.25, 0.3) is 0 Å². The number of fused-ring (bicyclic) bond motifs is 2. The van der Waals surface area contributed by atoms with Crippen LogP contribution >= 0.6 is 23.2 Å². The van der Waals surface area contributed by atoms with Crippen LogP contribution in [0.4, 0.5) is 0 Å². The van der Waals surface area contributed by atoms with Gasteiger partial charge in [0.05, 0.1) is 11.8 Å². The number of hydrogen-bond donors (Lipinski definition) is 0. The van der Waals surface area contributed by atoms with E-state index in [1.54, 1.807) is 0 Å². The molecule has 2 nitrogen and oxygen atoms in total. The Kier molecular flexibility index (Phi) is 2.39. The van der Waals surface area contributed by atoms with Gasteiger partial charge in [0.2, 0.25) is 0 Å². The van der Waals surface area contributed by atoms with Gasteiger partial charge in [-0.1, -0.05) is 27.7 Å². The van der Waals surface area contributed by atoms with E-state index in [2.05, 4.69) is 0 Å². The fraction of sp³-hybridized carbons (Fsp3) is 0.857. The molecule has 0 unspecified atom stereocenters. The molecule has 0 bridgehead atoms. The third kappa shape index (κ3) is 1.13. The van der Waals surface area contributed by atoms with Crippen molar-refractivity contribution in [2.45, 2.75) is 37.4 Å². The molecule has 18 heavy (non-hydrogen) atoms. The van der Waals surface area contributed by atoms with E-state index in [1.807, 2.05) is 27.7 Å². The van der Waals surface area contributed by atoms with Gasteiger partial charge in [0, 0.05) is 11.8 Å². The zero-order valence-corrected chi connectivity index (χ0v) is 12.5. The van der Waals surface area contributed by atoms with Gasteiger partial charge in [0.15, 0.2) is 11.6 Å². The normalized spacial score (nSPS) is 53.6.